The number of aryl methyl sites for hydroxylation is 1. The topological polar surface area (TPSA) is 64.3 Å². The Morgan fingerprint density at radius 1 is 1.26 bits per heavy atom. The molecule has 0 saturated heterocycles. The van der Waals surface area contributed by atoms with Crippen molar-refractivity contribution in [2.45, 2.75) is 24.7 Å². The van der Waals surface area contributed by atoms with E-state index in [4.69, 9.17) is 4.74 Å². The van der Waals surface area contributed by atoms with Crippen molar-refractivity contribution in [3.8, 4) is 5.75 Å². The van der Waals surface area contributed by atoms with Crippen LogP contribution in [0.15, 0.2) is 71.1 Å². The first-order valence-corrected chi connectivity index (χ1v) is 9.68. The van der Waals surface area contributed by atoms with Crippen LogP contribution >= 0.6 is 11.8 Å². The fraction of sp³-hybridized carbons (Fsp3) is 0.238. The Morgan fingerprint density at radius 2 is 2.00 bits per heavy atom. The van der Waals surface area contributed by atoms with Crippen LogP contribution in [-0.2, 0) is 6.54 Å². The van der Waals surface area contributed by atoms with Crippen molar-refractivity contribution in [3.63, 3.8) is 0 Å². The zero-order valence-corrected chi connectivity index (χ0v) is 16.0. The molecule has 0 spiro atoms. The van der Waals surface area contributed by atoms with Crippen LogP contribution in [0.1, 0.15) is 5.56 Å². The van der Waals surface area contributed by atoms with Crippen LogP contribution in [0.25, 0.3) is 10.9 Å². The van der Waals surface area contributed by atoms with Gasteiger partial charge in [0.05, 0.1) is 17.0 Å². The maximum absolute atomic E-state index is 12.7. The number of thioether (sulfide) groups is 1. The summed E-state index contributed by atoms with van der Waals surface area (Å²) in [4.78, 5) is 17.3. The highest BCUT2D eigenvalue weighted by molar-refractivity contribution is 7.99. The molecule has 3 rings (SSSR count). The summed E-state index contributed by atoms with van der Waals surface area (Å²) in [5.41, 5.74) is 1.70. The molecule has 27 heavy (non-hydrogen) atoms. The lowest BCUT2D eigenvalue weighted by molar-refractivity contribution is 0.126. The van der Waals surface area contributed by atoms with Gasteiger partial charge in [-0.2, -0.15) is 0 Å². The Hall–Kier alpha value is -2.57. The number of benzene rings is 2. The average Bonchev–Trinajstić information content (AvgIpc) is 2.68. The van der Waals surface area contributed by atoms with Crippen molar-refractivity contribution in [1.82, 2.24) is 9.55 Å². The van der Waals surface area contributed by atoms with Crippen molar-refractivity contribution >= 4 is 22.7 Å². The summed E-state index contributed by atoms with van der Waals surface area (Å²) < 4.78 is 7.19. The van der Waals surface area contributed by atoms with Gasteiger partial charge in [-0.05, 0) is 31.2 Å². The van der Waals surface area contributed by atoms with Gasteiger partial charge >= 0.3 is 0 Å². The second-order valence-corrected chi connectivity index (χ2v) is 7.19. The van der Waals surface area contributed by atoms with Gasteiger partial charge in [0.25, 0.3) is 5.56 Å². The van der Waals surface area contributed by atoms with Crippen LogP contribution in [0, 0.1) is 6.92 Å². The Labute approximate surface area is 162 Å². The summed E-state index contributed by atoms with van der Waals surface area (Å²) in [6.07, 6.45) is 0.982. The summed E-state index contributed by atoms with van der Waals surface area (Å²) in [5.74, 6) is 1.09. The maximum atomic E-state index is 12.7. The van der Waals surface area contributed by atoms with Crippen LogP contribution in [0.5, 0.6) is 5.75 Å². The van der Waals surface area contributed by atoms with E-state index < -0.39 is 6.10 Å². The number of aliphatic hydroxyl groups is 1. The van der Waals surface area contributed by atoms with Crippen LogP contribution in [0.3, 0.4) is 0 Å². The SMILES string of the molecule is C=CCn1c(SC[C@@H](O)COc2ccc(C)cc2)nc2ccccc2c1=O. The van der Waals surface area contributed by atoms with E-state index >= 15 is 0 Å². The molecule has 5 nitrogen and oxygen atoms in total. The highest BCUT2D eigenvalue weighted by atomic mass is 32.2. The summed E-state index contributed by atoms with van der Waals surface area (Å²) in [7, 11) is 0. The van der Waals surface area contributed by atoms with Gasteiger partial charge in [-0.3, -0.25) is 9.36 Å². The maximum Gasteiger partial charge on any atom is 0.262 e. The standard InChI is InChI=1S/C21H22N2O3S/c1-3-12-23-20(25)18-6-4-5-7-19(18)22-21(23)27-14-16(24)13-26-17-10-8-15(2)9-11-17/h3-11,16,24H,1,12-14H2,2H3/t16-/m0/s1. The molecule has 1 aromatic heterocycles. The summed E-state index contributed by atoms with van der Waals surface area (Å²) in [5, 5.41) is 11.4. The van der Waals surface area contributed by atoms with E-state index in [0.29, 0.717) is 28.4 Å². The Bertz CT molecular complexity index is 983. The fourth-order valence-corrected chi connectivity index (χ4v) is 3.51. The molecule has 1 heterocycles. The molecule has 3 aromatic rings. The summed E-state index contributed by atoms with van der Waals surface area (Å²) >= 11 is 1.34. The number of fused-ring (bicyclic) bond motifs is 1. The predicted octanol–water partition coefficient (Wildman–Crippen LogP) is 3.42. The molecule has 0 amide bonds. The molecule has 0 radical (unpaired) electrons. The van der Waals surface area contributed by atoms with E-state index in [1.165, 1.54) is 11.8 Å². The molecule has 0 fully saturated rings. The van der Waals surface area contributed by atoms with Crippen molar-refractivity contribution < 1.29 is 9.84 Å². The number of hydrogen-bond acceptors (Lipinski definition) is 5. The Kier molecular flexibility index (Phi) is 6.32. The number of para-hydroxylation sites is 1. The largest absolute Gasteiger partial charge is 0.491 e. The number of allylic oxidation sites excluding steroid dienone is 1. The highest BCUT2D eigenvalue weighted by Crippen LogP contribution is 2.19. The zero-order valence-electron chi connectivity index (χ0n) is 15.2. The third kappa shape index (κ3) is 4.78. The van der Waals surface area contributed by atoms with Gasteiger partial charge in [0.1, 0.15) is 12.4 Å². The Balaban J connectivity index is 1.69. The minimum absolute atomic E-state index is 0.103. The van der Waals surface area contributed by atoms with E-state index in [1.54, 1.807) is 16.7 Å². The lowest BCUT2D eigenvalue weighted by Gasteiger charge is -2.14. The second-order valence-electron chi connectivity index (χ2n) is 6.20. The monoisotopic (exact) mass is 382 g/mol. The van der Waals surface area contributed by atoms with Crippen LogP contribution in [0.4, 0.5) is 0 Å². The van der Waals surface area contributed by atoms with Crippen molar-refractivity contribution in [2.24, 2.45) is 0 Å². The van der Waals surface area contributed by atoms with E-state index in [2.05, 4.69) is 11.6 Å². The van der Waals surface area contributed by atoms with Crippen LogP contribution in [0.2, 0.25) is 0 Å². The second kappa shape index (κ2) is 8.88. The molecule has 0 aliphatic rings. The van der Waals surface area contributed by atoms with Crippen LogP contribution < -0.4 is 10.3 Å². The lowest BCUT2D eigenvalue weighted by Crippen LogP contribution is -2.24. The normalized spacial score (nSPS) is 12.1. The fourth-order valence-electron chi connectivity index (χ4n) is 2.59. The first kappa shape index (κ1) is 19.2. The molecule has 6 heteroatoms. The van der Waals surface area contributed by atoms with Gasteiger partial charge < -0.3 is 9.84 Å². The number of aliphatic hydroxyl groups excluding tert-OH is 1. The number of aromatic nitrogens is 2. The quantitative estimate of drug-likeness (QED) is 0.367. The highest BCUT2D eigenvalue weighted by Gasteiger charge is 2.13. The van der Waals surface area contributed by atoms with E-state index in [1.807, 2.05) is 49.4 Å². The van der Waals surface area contributed by atoms with Gasteiger partial charge in [-0.1, -0.05) is 47.7 Å². The third-order valence-electron chi connectivity index (χ3n) is 4.01. The van der Waals surface area contributed by atoms with Crippen molar-refractivity contribution in [2.75, 3.05) is 12.4 Å². The van der Waals surface area contributed by atoms with E-state index in [-0.39, 0.29) is 12.2 Å². The van der Waals surface area contributed by atoms with Crippen molar-refractivity contribution in [3.05, 3.63) is 77.1 Å². The molecular weight excluding hydrogens is 360 g/mol. The van der Waals surface area contributed by atoms with Gasteiger partial charge in [-0.25, -0.2) is 4.98 Å². The van der Waals surface area contributed by atoms with Gasteiger partial charge in [-0.15, -0.1) is 6.58 Å². The summed E-state index contributed by atoms with van der Waals surface area (Å²) in [6.45, 7) is 6.27. The minimum atomic E-state index is -0.683. The number of rotatable bonds is 8. The smallest absolute Gasteiger partial charge is 0.262 e. The Morgan fingerprint density at radius 3 is 2.74 bits per heavy atom. The number of nitrogens with zero attached hydrogens (tertiary/aromatic N) is 2. The summed E-state index contributed by atoms with van der Waals surface area (Å²) in [6, 6.07) is 14.9. The predicted molar refractivity (Wildman–Crippen MR) is 110 cm³/mol. The van der Waals surface area contributed by atoms with Crippen LogP contribution in [-0.4, -0.2) is 33.1 Å². The molecular formula is C21H22N2O3S. The molecule has 0 unspecified atom stereocenters. The number of hydrogen-bond donors (Lipinski definition) is 1. The van der Waals surface area contributed by atoms with Gasteiger partial charge in [0.2, 0.25) is 0 Å². The van der Waals surface area contributed by atoms with Crippen molar-refractivity contribution in [1.29, 1.82) is 0 Å². The van der Waals surface area contributed by atoms with E-state index in [9.17, 15) is 9.90 Å². The van der Waals surface area contributed by atoms with E-state index in [0.717, 1.165) is 11.3 Å². The molecule has 0 aliphatic carbocycles. The van der Waals surface area contributed by atoms with Gasteiger partial charge in [0, 0.05) is 12.3 Å². The molecule has 1 N–H and O–H groups in total. The lowest BCUT2D eigenvalue weighted by atomic mass is 10.2. The molecule has 0 saturated carbocycles. The molecule has 140 valence electrons. The first-order valence-electron chi connectivity index (χ1n) is 8.69. The average molecular weight is 382 g/mol. The molecule has 0 aliphatic heterocycles. The molecule has 0 bridgehead atoms. The molecule has 1 atom stereocenters. The molecule has 2 aromatic carbocycles. The third-order valence-corrected chi connectivity index (χ3v) is 5.13. The first-order chi connectivity index (χ1) is 13.1. The minimum Gasteiger partial charge on any atom is -0.491 e. The zero-order chi connectivity index (χ0) is 19.2. The van der Waals surface area contributed by atoms with Gasteiger partial charge in [0.15, 0.2) is 5.16 Å². The number of ether oxygens (including phenoxy) is 1.